The van der Waals surface area contributed by atoms with Gasteiger partial charge in [0.2, 0.25) is 0 Å². The summed E-state index contributed by atoms with van der Waals surface area (Å²) in [5.74, 6) is 0.0287. The quantitative estimate of drug-likeness (QED) is 0.746. The number of nitrogens with one attached hydrogen (secondary N) is 1. The van der Waals surface area contributed by atoms with Gasteiger partial charge in [0.15, 0.2) is 0 Å². The summed E-state index contributed by atoms with van der Waals surface area (Å²) in [5.41, 5.74) is 2.29. The van der Waals surface area contributed by atoms with Crippen molar-refractivity contribution in [2.45, 2.75) is 6.54 Å². The summed E-state index contributed by atoms with van der Waals surface area (Å²) in [6.07, 6.45) is 5.28. The van der Waals surface area contributed by atoms with E-state index in [9.17, 15) is 9.59 Å². The van der Waals surface area contributed by atoms with E-state index in [1.807, 2.05) is 46.1 Å². The molecular weight excluding hydrogens is 344 g/mol. The lowest BCUT2D eigenvalue weighted by Crippen LogP contribution is -2.49. The molecule has 0 saturated carbocycles. The van der Waals surface area contributed by atoms with Crippen molar-refractivity contribution in [3.8, 4) is 0 Å². The number of piperazine rings is 1. The van der Waals surface area contributed by atoms with E-state index in [0.717, 1.165) is 11.3 Å². The average Bonchev–Trinajstić information content (AvgIpc) is 3.21. The van der Waals surface area contributed by atoms with E-state index < -0.39 is 0 Å². The number of carbonyl (C=O) groups is 1. The van der Waals surface area contributed by atoms with Crippen molar-refractivity contribution in [1.82, 2.24) is 24.9 Å². The Kier molecular flexibility index (Phi) is 4.69. The van der Waals surface area contributed by atoms with E-state index in [0.29, 0.717) is 38.3 Å². The summed E-state index contributed by atoms with van der Waals surface area (Å²) in [7, 11) is 0. The first-order valence-electron chi connectivity index (χ1n) is 8.84. The van der Waals surface area contributed by atoms with Crippen LogP contribution in [0.15, 0.2) is 59.8 Å². The molecule has 0 aliphatic carbocycles. The highest BCUT2D eigenvalue weighted by molar-refractivity contribution is 5.94. The zero-order chi connectivity index (χ0) is 18.6. The van der Waals surface area contributed by atoms with Gasteiger partial charge in [-0.2, -0.15) is 10.2 Å². The van der Waals surface area contributed by atoms with E-state index in [4.69, 9.17) is 0 Å². The van der Waals surface area contributed by atoms with Crippen molar-refractivity contribution in [2.75, 3.05) is 31.1 Å². The van der Waals surface area contributed by atoms with Gasteiger partial charge in [-0.25, -0.2) is 5.10 Å². The van der Waals surface area contributed by atoms with Crippen LogP contribution in [0.2, 0.25) is 0 Å². The van der Waals surface area contributed by atoms with Gasteiger partial charge in [-0.3, -0.25) is 14.3 Å². The van der Waals surface area contributed by atoms with Gasteiger partial charge in [0.25, 0.3) is 11.5 Å². The summed E-state index contributed by atoms with van der Waals surface area (Å²) in [6, 6.07) is 11.1. The van der Waals surface area contributed by atoms with Gasteiger partial charge in [0.05, 0.1) is 18.4 Å². The van der Waals surface area contributed by atoms with E-state index in [-0.39, 0.29) is 11.5 Å². The Morgan fingerprint density at radius 3 is 2.70 bits per heavy atom. The molecule has 8 heteroatoms. The molecule has 27 heavy (non-hydrogen) atoms. The van der Waals surface area contributed by atoms with Crippen molar-refractivity contribution < 1.29 is 4.79 Å². The molecule has 0 bridgehead atoms. The molecule has 0 radical (unpaired) electrons. The van der Waals surface area contributed by atoms with Crippen LogP contribution in [0.4, 0.5) is 5.69 Å². The number of amides is 1. The van der Waals surface area contributed by atoms with Gasteiger partial charge in [-0.15, -0.1) is 0 Å². The van der Waals surface area contributed by atoms with Crippen LogP contribution in [0.3, 0.4) is 0 Å². The summed E-state index contributed by atoms with van der Waals surface area (Å²) in [6.45, 7) is 3.19. The Balaban J connectivity index is 1.41. The predicted molar refractivity (Wildman–Crippen MR) is 101 cm³/mol. The third-order valence-corrected chi connectivity index (χ3v) is 4.66. The maximum Gasteiger partial charge on any atom is 0.266 e. The molecule has 1 aromatic carbocycles. The summed E-state index contributed by atoms with van der Waals surface area (Å²) in [5, 5.41) is 10.4. The lowest BCUT2D eigenvalue weighted by molar-refractivity contribution is 0.0746. The molecule has 8 nitrogen and oxygen atoms in total. The fourth-order valence-corrected chi connectivity index (χ4v) is 3.27. The Morgan fingerprint density at radius 1 is 1.11 bits per heavy atom. The first-order chi connectivity index (χ1) is 13.2. The van der Waals surface area contributed by atoms with Gasteiger partial charge >= 0.3 is 0 Å². The second-order valence-electron chi connectivity index (χ2n) is 6.49. The van der Waals surface area contributed by atoms with Crippen LogP contribution in [0.1, 0.15) is 15.9 Å². The number of anilines is 1. The zero-order valence-electron chi connectivity index (χ0n) is 14.8. The van der Waals surface area contributed by atoms with Gasteiger partial charge in [0.1, 0.15) is 0 Å². The number of H-pyrrole nitrogens is 1. The number of benzene rings is 1. The van der Waals surface area contributed by atoms with Crippen LogP contribution in [-0.2, 0) is 6.54 Å². The van der Waals surface area contributed by atoms with Crippen molar-refractivity contribution in [3.63, 3.8) is 0 Å². The first-order valence-corrected chi connectivity index (χ1v) is 8.84. The van der Waals surface area contributed by atoms with Crippen LogP contribution in [-0.4, -0.2) is 57.0 Å². The smallest absolute Gasteiger partial charge is 0.266 e. The highest BCUT2D eigenvalue weighted by atomic mass is 16.2. The first kappa shape index (κ1) is 17.0. The van der Waals surface area contributed by atoms with Crippen LogP contribution >= 0.6 is 0 Å². The monoisotopic (exact) mass is 364 g/mol. The molecule has 0 unspecified atom stereocenters. The Bertz CT molecular complexity index is 974. The number of aromatic amines is 1. The molecule has 138 valence electrons. The van der Waals surface area contributed by atoms with Gasteiger partial charge in [-0.05, 0) is 23.8 Å². The summed E-state index contributed by atoms with van der Waals surface area (Å²) >= 11 is 0. The van der Waals surface area contributed by atoms with Crippen LogP contribution in [0, 0.1) is 0 Å². The van der Waals surface area contributed by atoms with Crippen molar-refractivity contribution in [3.05, 3.63) is 76.5 Å². The van der Waals surface area contributed by atoms with Crippen molar-refractivity contribution >= 4 is 11.6 Å². The minimum atomic E-state index is -0.222. The number of nitrogens with zero attached hydrogens (tertiary/aromatic N) is 5. The average molecular weight is 364 g/mol. The van der Waals surface area contributed by atoms with E-state index >= 15 is 0 Å². The van der Waals surface area contributed by atoms with E-state index in [1.54, 1.807) is 12.4 Å². The van der Waals surface area contributed by atoms with Crippen molar-refractivity contribution in [1.29, 1.82) is 0 Å². The fraction of sp³-hybridized carbons (Fsp3) is 0.263. The number of hydrogen-bond donors (Lipinski definition) is 1. The maximum absolute atomic E-state index is 12.9. The summed E-state index contributed by atoms with van der Waals surface area (Å²) in [4.78, 5) is 28.2. The standard InChI is InChI=1S/C19H20N6O2/c26-18-12-17(13-20-22-18)23-7-9-24(10-8-23)19(27)16-4-1-3-15(11-16)14-25-6-2-5-21-25/h1-6,11-13H,7-10,14H2,(H,22,26). The van der Waals surface area contributed by atoms with Gasteiger partial charge < -0.3 is 9.80 Å². The predicted octanol–water partition coefficient (Wildman–Crippen LogP) is 0.977. The molecule has 1 aliphatic heterocycles. The molecule has 1 aliphatic rings. The Hall–Kier alpha value is -3.42. The fourth-order valence-electron chi connectivity index (χ4n) is 3.27. The molecule has 3 heterocycles. The molecule has 2 aromatic heterocycles. The van der Waals surface area contributed by atoms with E-state index in [1.165, 1.54) is 6.07 Å². The SMILES string of the molecule is O=C(c1cccc(Cn2cccn2)c1)N1CCN(c2cn[nH]c(=O)c2)CC1. The molecule has 1 fully saturated rings. The molecule has 1 N–H and O–H groups in total. The lowest BCUT2D eigenvalue weighted by atomic mass is 10.1. The van der Waals surface area contributed by atoms with E-state index in [2.05, 4.69) is 20.2 Å². The second-order valence-corrected chi connectivity index (χ2v) is 6.49. The van der Waals surface area contributed by atoms with Crippen LogP contribution in [0.25, 0.3) is 0 Å². The number of aromatic nitrogens is 4. The molecule has 4 rings (SSSR count). The topological polar surface area (TPSA) is 87.1 Å². The lowest BCUT2D eigenvalue weighted by Gasteiger charge is -2.35. The minimum Gasteiger partial charge on any atom is -0.367 e. The highest BCUT2D eigenvalue weighted by Gasteiger charge is 2.22. The van der Waals surface area contributed by atoms with Crippen molar-refractivity contribution in [2.24, 2.45) is 0 Å². The Labute approximate surface area is 156 Å². The third-order valence-electron chi connectivity index (χ3n) is 4.66. The molecule has 0 atom stereocenters. The summed E-state index contributed by atoms with van der Waals surface area (Å²) < 4.78 is 1.83. The Morgan fingerprint density at radius 2 is 1.96 bits per heavy atom. The van der Waals surface area contributed by atoms with Gasteiger partial charge in [0, 0.05) is 50.2 Å². The van der Waals surface area contributed by atoms with Crippen LogP contribution in [0.5, 0.6) is 0 Å². The van der Waals surface area contributed by atoms with Gasteiger partial charge in [-0.1, -0.05) is 12.1 Å². The normalized spacial score (nSPS) is 14.4. The molecule has 1 saturated heterocycles. The third kappa shape index (κ3) is 3.89. The highest BCUT2D eigenvalue weighted by Crippen LogP contribution is 2.15. The number of hydrogen-bond acceptors (Lipinski definition) is 5. The molecular formula is C19H20N6O2. The second kappa shape index (κ2) is 7.45. The molecule has 0 spiro atoms. The minimum absolute atomic E-state index is 0.0287. The van der Waals surface area contributed by atoms with Crippen LogP contribution < -0.4 is 10.5 Å². The zero-order valence-corrected chi connectivity index (χ0v) is 14.8. The number of rotatable bonds is 4. The number of carbonyl (C=O) groups excluding carboxylic acids is 1. The molecule has 3 aromatic rings. The maximum atomic E-state index is 12.9. The largest absolute Gasteiger partial charge is 0.367 e. The molecule has 1 amide bonds.